The number of anilines is 2. The van der Waals surface area contributed by atoms with E-state index in [1.54, 1.807) is 24.3 Å². The summed E-state index contributed by atoms with van der Waals surface area (Å²) in [5, 5.41) is 12.1. The first-order valence-corrected chi connectivity index (χ1v) is 10.3. The number of carbonyl (C=O) groups is 1. The maximum Gasteiger partial charge on any atom is 0.232 e. The fraction of sp³-hybridized carbons (Fsp3) is 0.300. The molecule has 7 heteroatoms. The Balaban J connectivity index is 2.19. The first-order valence-electron chi connectivity index (χ1n) is 8.48. The van der Waals surface area contributed by atoms with Gasteiger partial charge in [0.1, 0.15) is 6.07 Å². The maximum absolute atomic E-state index is 12.4. The summed E-state index contributed by atoms with van der Waals surface area (Å²) in [6, 6.07) is 12.4. The van der Waals surface area contributed by atoms with Gasteiger partial charge in [0, 0.05) is 18.7 Å². The number of aryl methyl sites for hydroxylation is 3. The lowest BCUT2D eigenvalue weighted by molar-refractivity contribution is -0.116. The van der Waals surface area contributed by atoms with Crippen molar-refractivity contribution in [2.24, 2.45) is 0 Å². The van der Waals surface area contributed by atoms with Crippen LogP contribution in [0.25, 0.3) is 0 Å². The number of amides is 1. The van der Waals surface area contributed by atoms with E-state index in [9.17, 15) is 18.5 Å². The second-order valence-corrected chi connectivity index (χ2v) is 8.44. The molecule has 0 fully saturated rings. The molecule has 2 rings (SSSR count). The van der Waals surface area contributed by atoms with Gasteiger partial charge in [-0.1, -0.05) is 29.8 Å². The molecule has 0 aromatic heterocycles. The summed E-state index contributed by atoms with van der Waals surface area (Å²) in [7, 11) is -3.64. The van der Waals surface area contributed by atoms with Crippen molar-refractivity contribution in [2.45, 2.75) is 27.2 Å². The largest absolute Gasteiger partial charge is 0.326 e. The Labute approximate surface area is 160 Å². The van der Waals surface area contributed by atoms with Crippen LogP contribution in [0.2, 0.25) is 0 Å². The summed E-state index contributed by atoms with van der Waals surface area (Å²) in [4.78, 5) is 12.4. The monoisotopic (exact) mass is 385 g/mol. The first kappa shape index (κ1) is 20.5. The van der Waals surface area contributed by atoms with Crippen LogP contribution in [0, 0.1) is 32.1 Å². The summed E-state index contributed by atoms with van der Waals surface area (Å²) in [5.41, 5.74) is 4.28. The molecule has 0 aliphatic carbocycles. The van der Waals surface area contributed by atoms with Crippen LogP contribution in [0.3, 0.4) is 0 Å². The minimum atomic E-state index is -3.64. The molecule has 142 valence electrons. The van der Waals surface area contributed by atoms with Crippen LogP contribution in [0.1, 0.15) is 28.7 Å². The number of hydrogen-bond acceptors (Lipinski definition) is 4. The van der Waals surface area contributed by atoms with Crippen molar-refractivity contribution in [3.8, 4) is 6.07 Å². The van der Waals surface area contributed by atoms with Gasteiger partial charge in [0.25, 0.3) is 0 Å². The van der Waals surface area contributed by atoms with Crippen molar-refractivity contribution >= 4 is 27.3 Å². The van der Waals surface area contributed by atoms with E-state index in [1.165, 1.54) is 0 Å². The second kappa shape index (κ2) is 8.23. The quantitative estimate of drug-likeness (QED) is 0.826. The van der Waals surface area contributed by atoms with Gasteiger partial charge < -0.3 is 5.32 Å². The van der Waals surface area contributed by atoms with Gasteiger partial charge in [-0.3, -0.25) is 9.10 Å². The van der Waals surface area contributed by atoms with Crippen LogP contribution in [0.5, 0.6) is 0 Å². The number of hydrogen-bond donors (Lipinski definition) is 1. The highest BCUT2D eigenvalue weighted by Crippen LogP contribution is 2.24. The predicted octanol–water partition coefficient (Wildman–Crippen LogP) is 3.28. The zero-order valence-electron chi connectivity index (χ0n) is 15.9. The Morgan fingerprint density at radius 1 is 1.15 bits per heavy atom. The minimum Gasteiger partial charge on any atom is -0.326 e. The van der Waals surface area contributed by atoms with Crippen LogP contribution in [0.4, 0.5) is 11.4 Å². The van der Waals surface area contributed by atoms with Gasteiger partial charge in [0.15, 0.2) is 0 Å². The molecule has 0 aliphatic rings. The lowest BCUT2D eigenvalue weighted by Crippen LogP contribution is -2.33. The van der Waals surface area contributed by atoms with Crippen LogP contribution in [0.15, 0.2) is 36.4 Å². The molecule has 0 aliphatic heterocycles. The van der Waals surface area contributed by atoms with Crippen LogP contribution in [-0.2, 0) is 14.8 Å². The average Bonchev–Trinajstić information content (AvgIpc) is 2.57. The summed E-state index contributed by atoms with van der Waals surface area (Å²) in [6.45, 7) is 5.78. The number of rotatable bonds is 6. The van der Waals surface area contributed by atoms with Crippen LogP contribution < -0.4 is 9.62 Å². The molecule has 27 heavy (non-hydrogen) atoms. The van der Waals surface area contributed by atoms with E-state index in [4.69, 9.17) is 0 Å². The third kappa shape index (κ3) is 5.08. The maximum atomic E-state index is 12.4. The number of para-hydroxylation sites is 1. The Kier molecular flexibility index (Phi) is 6.24. The molecule has 2 aromatic rings. The SMILES string of the molecule is Cc1cc(C)c(NC(=O)CCN(c2ccccc2C#N)S(C)(=O)=O)c(C)c1. The number of sulfonamides is 1. The van der Waals surface area contributed by atoms with E-state index in [1.807, 2.05) is 39.0 Å². The average molecular weight is 385 g/mol. The molecule has 6 nitrogen and oxygen atoms in total. The van der Waals surface area contributed by atoms with E-state index in [-0.39, 0.29) is 30.1 Å². The van der Waals surface area contributed by atoms with E-state index in [0.29, 0.717) is 0 Å². The number of carbonyl (C=O) groups excluding carboxylic acids is 1. The van der Waals surface area contributed by atoms with Gasteiger partial charge in [-0.15, -0.1) is 0 Å². The number of nitrogens with one attached hydrogen (secondary N) is 1. The van der Waals surface area contributed by atoms with Gasteiger partial charge in [-0.25, -0.2) is 8.42 Å². The number of benzene rings is 2. The molecule has 0 unspecified atom stereocenters. The van der Waals surface area contributed by atoms with Crippen LogP contribution >= 0.6 is 0 Å². The topological polar surface area (TPSA) is 90.3 Å². The summed E-state index contributed by atoms with van der Waals surface area (Å²) >= 11 is 0. The second-order valence-electron chi connectivity index (χ2n) is 6.54. The van der Waals surface area contributed by atoms with Gasteiger partial charge in [-0.05, 0) is 44.0 Å². The van der Waals surface area contributed by atoms with Crippen molar-refractivity contribution in [3.63, 3.8) is 0 Å². The molecule has 2 aromatic carbocycles. The molecule has 0 saturated heterocycles. The Morgan fingerprint density at radius 2 is 1.74 bits per heavy atom. The number of nitriles is 1. The van der Waals surface area contributed by atoms with E-state index < -0.39 is 10.0 Å². The van der Waals surface area contributed by atoms with E-state index in [0.717, 1.165) is 32.9 Å². The zero-order valence-corrected chi connectivity index (χ0v) is 16.7. The summed E-state index contributed by atoms with van der Waals surface area (Å²) in [5.74, 6) is -0.284. The highest BCUT2D eigenvalue weighted by atomic mass is 32.2. The fourth-order valence-corrected chi connectivity index (χ4v) is 3.97. The smallest absolute Gasteiger partial charge is 0.232 e. The van der Waals surface area contributed by atoms with Gasteiger partial charge in [0.05, 0.1) is 17.5 Å². The lowest BCUT2D eigenvalue weighted by atomic mass is 10.1. The molecular weight excluding hydrogens is 362 g/mol. The van der Waals surface area contributed by atoms with Crippen LogP contribution in [-0.4, -0.2) is 27.1 Å². The van der Waals surface area contributed by atoms with E-state index >= 15 is 0 Å². The molecule has 0 bridgehead atoms. The predicted molar refractivity (Wildman–Crippen MR) is 107 cm³/mol. The number of nitrogens with zero attached hydrogens (tertiary/aromatic N) is 2. The summed E-state index contributed by atoms with van der Waals surface area (Å²) < 4.78 is 25.5. The van der Waals surface area contributed by atoms with Gasteiger partial charge in [0.2, 0.25) is 15.9 Å². The normalized spacial score (nSPS) is 10.9. The minimum absolute atomic E-state index is 0.0282. The highest BCUT2D eigenvalue weighted by molar-refractivity contribution is 7.92. The van der Waals surface area contributed by atoms with Gasteiger partial charge in [-0.2, -0.15) is 5.26 Å². The molecule has 1 amide bonds. The van der Waals surface area contributed by atoms with Crippen molar-refractivity contribution < 1.29 is 13.2 Å². The summed E-state index contributed by atoms with van der Waals surface area (Å²) in [6.07, 6.45) is 1.03. The van der Waals surface area contributed by atoms with Crippen molar-refractivity contribution in [3.05, 3.63) is 58.7 Å². The molecule has 0 radical (unpaired) electrons. The van der Waals surface area contributed by atoms with Crippen molar-refractivity contribution in [1.29, 1.82) is 5.26 Å². The Morgan fingerprint density at radius 3 is 2.30 bits per heavy atom. The third-order valence-electron chi connectivity index (χ3n) is 4.18. The highest BCUT2D eigenvalue weighted by Gasteiger charge is 2.21. The first-order chi connectivity index (χ1) is 12.6. The van der Waals surface area contributed by atoms with E-state index in [2.05, 4.69) is 5.32 Å². The lowest BCUT2D eigenvalue weighted by Gasteiger charge is -2.23. The Hall–Kier alpha value is -2.85. The van der Waals surface area contributed by atoms with Gasteiger partial charge >= 0.3 is 0 Å². The van der Waals surface area contributed by atoms with Crippen molar-refractivity contribution in [2.75, 3.05) is 22.4 Å². The molecule has 0 spiro atoms. The third-order valence-corrected chi connectivity index (χ3v) is 5.36. The molecule has 0 saturated carbocycles. The molecule has 1 N–H and O–H groups in total. The fourth-order valence-electron chi connectivity index (χ4n) is 3.03. The molecule has 0 atom stereocenters. The standard InChI is InChI=1S/C20H23N3O3S/c1-14-11-15(2)20(16(3)12-14)22-19(24)9-10-23(27(4,25)26)18-8-6-5-7-17(18)13-21/h5-8,11-12H,9-10H2,1-4H3,(H,22,24). The molecule has 0 heterocycles. The Bertz CT molecular complexity index is 984. The zero-order chi connectivity index (χ0) is 20.2. The van der Waals surface area contributed by atoms with Crippen molar-refractivity contribution in [1.82, 2.24) is 0 Å². The molecular formula is C20H23N3O3S.